The fourth-order valence-corrected chi connectivity index (χ4v) is 6.23. The molecule has 3 atom stereocenters. The average Bonchev–Trinajstić information content (AvgIpc) is 3.21. The lowest BCUT2D eigenvalue weighted by atomic mass is 9.66. The Bertz CT molecular complexity index is 1200. The summed E-state index contributed by atoms with van der Waals surface area (Å²) in [6.45, 7) is 5.06. The van der Waals surface area contributed by atoms with Crippen molar-refractivity contribution in [3.63, 3.8) is 0 Å². The Morgan fingerprint density at radius 3 is 2.56 bits per heavy atom. The Morgan fingerprint density at radius 1 is 1.15 bits per heavy atom. The number of carbonyl (C=O) groups is 3. The van der Waals surface area contributed by atoms with Gasteiger partial charge in [0.05, 0.1) is 29.6 Å². The number of nitrogens with zero attached hydrogens (tertiary/aromatic N) is 2. The van der Waals surface area contributed by atoms with E-state index in [0.717, 1.165) is 12.8 Å². The maximum absolute atomic E-state index is 16.1. The van der Waals surface area contributed by atoms with Gasteiger partial charge in [0.15, 0.2) is 11.2 Å². The number of amides is 4. The van der Waals surface area contributed by atoms with Gasteiger partial charge in [-0.2, -0.15) is 0 Å². The first kappa shape index (κ1) is 21.5. The zero-order chi connectivity index (χ0) is 23.8. The molecule has 0 unspecified atom stereocenters. The third kappa shape index (κ3) is 2.86. The maximum Gasteiger partial charge on any atom is 0.328 e. The molecule has 1 aromatic heterocycles. The lowest BCUT2D eigenvalue weighted by molar-refractivity contribution is -0.153. The van der Waals surface area contributed by atoms with Gasteiger partial charge >= 0.3 is 6.03 Å². The second-order valence-electron chi connectivity index (χ2n) is 9.66. The summed E-state index contributed by atoms with van der Waals surface area (Å²) in [5.41, 5.74) is -0.144. The van der Waals surface area contributed by atoms with Gasteiger partial charge in [0, 0.05) is 37.5 Å². The van der Waals surface area contributed by atoms with Crippen LogP contribution >= 0.6 is 0 Å². The molecular weight excluding hydrogens is 447 g/mol. The summed E-state index contributed by atoms with van der Waals surface area (Å²) in [5.74, 6) is -1.91. The Morgan fingerprint density at radius 2 is 1.85 bits per heavy atom. The Hall–Kier alpha value is -3.05. The Kier molecular flexibility index (Phi) is 4.72. The first-order valence-corrected chi connectivity index (χ1v) is 11.6. The number of urea groups is 1. The van der Waals surface area contributed by atoms with E-state index in [0.29, 0.717) is 29.9 Å². The predicted molar refractivity (Wildman–Crippen MR) is 116 cm³/mol. The third-order valence-corrected chi connectivity index (χ3v) is 7.60. The van der Waals surface area contributed by atoms with Crippen LogP contribution in [0.5, 0.6) is 0 Å². The number of benzene rings is 1. The first-order valence-electron chi connectivity index (χ1n) is 11.6. The predicted octanol–water partition coefficient (Wildman–Crippen LogP) is 1.75. The number of halogens is 1. The molecule has 4 amide bonds. The van der Waals surface area contributed by atoms with Crippen molar-refractivity contribution in [3.8, 4) is 0 Å². The summed E-state index contributed by atoms with van der Waals surface area (Å²) in [4.78, 5) is 40.2. The highest BCUT2D eigenvalue weighted by molar-refractivity contribution is 6.20. The third-order valence-electron chi connectivity index (χ3n) is 7.60. The minimum absolute atomic E-state index is 0.0643. The van der Waals surface area contributed by atoms with Crippen molar-refractivity contribution in [1.82, 2.24) is 15.8 Å². The molecule has 0 saturated carbocycles. The van der Waals surface area contributed by atoms with E-state index in [-0.39, 0.29) is 36.3 Å². The average molecular weight is 472 g/mol. The summed E-state index contributed by atoms with van der Waals surface area (Å²) in [6.07, 6.45) is 0.564. The molecule has 4 aliphatic heterocycles. The zero-order valence-corrected chi connectivity index (χ0v) is 18.9. The van der Waals surface area contributed by atoms with Crippen LogP contribution in [0.1, 0.15) is 43.9 Å². The molecule has 3 fully saturated rings. The van der Waals surface area contributed by atoms with Crippen LogP contribution < -0.4 is 15.5 Å². The van der Waals surface area contributed by atoms with E-state index in [4.69, 9.17) is 14.0 Å². The fraction of sp³-hybridized carbons (Fsp3) is 0.565. The number of fused-ring (bicyclic) bond motifs is 5. The molecule has 0 aliphatic carbocycles. The van der Waals surface area contributed by atoms with Gasteiger partial charge in [-0.25, -0.2) is 9.18 Å². The number of anilines is 1. The maximum atomic E-state index is 16.1. The summed E-state index contributed by atoms with van der Waals surface area (Å²) >= 11 is 0. The molecule has 1 spiro atoms. The number of nitrogens with one attached hydrogen (secondary N) is 2. The summed E-state index contributed by atoms with van der Waals surface area (Å²) in [6, 6.07) is 0.113. The minimum atomic E-state index is -1.66. The summed E-state index contributed by atoms with van der Waals surface area (Å²) in [7, 11) is 0. The molecule has 2 aromatic rings. The topological polar surface area (TPSA) is 123 Å². The Labute approximate surface area is 194 Å². The van der Waals surface area contributed by atoms with Crippen LogP contribution in [0.3, 0.4) is 0 Å². The molecule has 1 aromatic carbocycles. The Balaban J connectivity index is 1.56. The number of rotatable bonds is 1. The standard InChI is InChI=1S/C23H25FN4O6/c1-10-9-28-17-13(7-14-16(12-3-5-32-6-4-12)27-34-18(14)15(17)24)8-23(19(28)11(2)33-10)20(29)25-22(31)26-21(23)30/h7,10-12,19H,3-6,8-9H2,1-2H3,(H2,25,26,29,30,31)/t10-,11+,19-/m0/s1. The molecule has 5 heterocycles. The van der Waals surface area contributed by atoms with E-state index in [1.807, 2.05) is 6.92 Å². The monoisotopic (exact) mass is 472 g/mol. The van der Waals surface area contributed by atoms with Crippen molar-refractivity contribution in [1.29, 1.82) is 0 Å². The molecule has 0 radical (unpaired) electrons. The first-order chi connectivity index (χ1) is 16.3. The van der Waals surface area contributed by atoms with Crippen molar-refractivity contribution in [3.05, 3.63) is 23.1 Å². The molecule has 6 rings (SSSR count). The molecule has 2 N–H and O–H groups in total. The summed E-state index contributed by atoms with van der Waals surface area (Å²) < 4.78 is 33.0. The van der Waals surface area contributed by atoms with Gasteiger partial charge in [0.2, 0.25) is 17.4 Å². The quantitative estimate of drug-likeness (QED) is 0.602. The number of barbiturate groups is 1. The normalized spacial score (nSPS) is 29.1. The van der Waals surface area contributed by atoms with Crippen molar-refractivity contribution < 1.29 is 32.8 Å². The highest BCUT2D eigenvalue weighted by atomic mass is 19.1. The minimum Gasteiger partial charge on any atom is -0.381 e. The van der Waals surface area contributed by atoms with E-state index < -0.39 is 41.2 Å². The number of carbonyl (C=O) groups excluding carboxylic acids is 3. The molecule has 0 bridgehead atoms. The van der Waals surface area contributed by atoms with Gasteiger partial charge in [0.25, 0.3) is 0 Å². The van der Waals surface area contributed by atoms with Crippen molar-refractivity contribution in [2.24, 2.45) is 5.41 Å². The smallest absolute Gasteiger partial charge is 0.328 e. The molecular formula is C23H25FN4O6. The lowest BCUT2D eigenvalue weighted by Gasteiger charge is -2.55. The summed E-state index contributed by atoms with van der Waals surface area (Å²) in [5, 5.41) is 9.24. The van der Waals surface area contributed by atoms with Crippen LogP contribution in [0.25, 0.3) is 11.0 Å². The van der Waals surface area contributed by atoms with Gasteiger partial charge in [-0.3, -0.25) is 20.2 Å². The van der Waals surface area contributed by atoms with Gasteiger partial charge in [-0.05, 0) is 38.3 Å². The van der Waals surface area contributed by atoms with Crippen LogP contribution in [0, 0.1) is 11.2 Å². The number of hydrogen-bond acceptors (Lipinski definition) is 8. The molecule has 180 valence electrons. The highest BCUT2D eigenvalue weighted by Gasteiger charge is 2.63. The second kappa shape index (κ2) is 7.47. The number of imide groups is 2. The van der Waals surface area contributed by atoms with Crippen molar-refractivity contribution in [2.75, 3.05) is 24.7 Å². The van der Waals surface area contributed by atoms with E-state index in [9.17, 15) is 14.4 Å². The van der Waals surface area contributed by atoms with Gasteiger partial charge in [-0.1, -0.05) is 5.16 Å². The largest absolute Gasteiger partial charge is 0.381 e. The van der Waals surface area contributed by atoms with Crippen LogP contribution in [0.15, 0.2) is 10.6 Å². The molecule has 34 heavy (non-hydrogen) atoms. The van der Waals surface area contributed by atoms with E-state index in [1.165, 1.54) is 0 Å². The molecule has 4 aliphatic rings. The number of hydrogen-bond donors (Lipinski definition) is 2. The molecule has 10 nitrogen and oxygen atoms in total. The van der Waals surface area contributed by atoms with Crippen LogP contribution in [-0.2, 0) is 25.5 Å². The SMILES string of the molecule is C[C@H]1CN2c3c(cc4c(C5CCOCC5)noc4c3F)CC3(C(=O)NC(=O)NC3=O)[C@@H]2[C@@H](C)O1. The van der Waals surface area contributed by atoms with E-state index in [1.54, 1.807) is 17.9 Å². The van der Waals surface area contributed by atoms with Crippen molar-refractivity contribution >= 4 is 34.5 Å². The van der Waals surface area contributed by atoms with Crippen LogP contribution in [0.2, 0.25) is 0 Å². The van der Waals surface area contributed by atoms with E-state index >= 15 is 4.39 Å². The molecule has 3 saturated heterocycles. The molecule has 11 heteroatoms. The van der Waals surface area contributed by atoms with Crippen molar-refractivity contribution in [2.45, 2.75) is 57.3 Å². The van der Waals surface area contributed by atoms with Gasteiger partial charge in [0.1, 0.15) is 0 Å². The van der Waals surface area contributed by atoms with Crippen LogP contribution in [-0.4, -0.2) is 61.0 Å². The fourth-order valence-electron chi connectivity index (χ4n) is 6.23. The van der Waals surface area contributed by atoms with Gasteiger partial charge < -0.3 is 18.9 Å². The lowest BCUT2D eigenvalue weighted by Crippen LogP contribution is -2.75. The number of ether oxygens (including phenoxy) is 2. The number of morpholine rings is 1. The second-order valence-corrected chi connectivity index (χ2v) is 9.66. The van der Waals surface area contributed by atoms with E-state index in [2.05, 4.69) is 15.8 Å². The zero-order valence-electron chi connectivity index (χ0n) is 18.9. The van der Waals surface area contributed by atoms with Crippen LogP contribution in [0.4, 0.5) is 14.9 Å². The number of aromatic nitrogens is 1. The highest BCUT2D eigenvalue weighted by Crippen LogP contribution is 2.49. The van der Waals surface area contributed by atoms with Gasteiger partial charge in [-0.15, -0.1) is 0 Å².